The predicted molar refractivity (Wildman–Crippen MR) is 61.7 cm³/mol. The van der Waals surface area contributed by atoms with Crippen LogP contribution in [0.4, 0.5) is 0 Å². The lowest BCUT2D eigenvalue weighted by Gasteiger charge is -2.29. The van der Waals surface area contributed by atoms with Gasteiger partial charge in [0.15, 0.2) is 0 Å². The third-order valence-corrected chi connectivity index (χ3v) is 2.66. The molecule has 4 nitrogen and oxygen atoms in total. The summed E-state index contributed by atoms with van der Waals surface area (Å²) in [6.07, 6.45) is 1.94. The zero-order chi connectivity index (χ0) is 11.7. The number of nitrogens with one attached hydrogen (secondary N) is 2. The summed E-state index contributed by atoms with van der Waals surface area (Å²) in [5, 5.41) is 15.0. The molecule has 90 valence electrons. The topological polar surface area (TPSA) is 61.4 Å². The first kappa shape index (κ1) is 14.4. The third-order valence-electron chi connectivity index (χ3n) is 2.66. The van der Waals surface area contributed by atoms with Gasteiger partial charge >= 0.3 is 0 Å². The van der Waals surface area contributed by atoms with Crippen molar-refractivity contribution in [2.24, 2.45) is 0 Å². The van der Waals surface area contributed by atoms with E-state index >= 15 is 0 Å². The molecule has 0 rings (SSSR count). The van der Waals surface area contributed by atoms with Gasteiger partial charge in [0.2, 0.25) is 5.91 Å². The van der Waals surface area contributed by atoms with Crippen LogP contribution in [0, 0.1) is 0 Å². The highest BCUT2D eigenvalue weighted by Crippen LogP contribution is 2.13. The minimum Gasteiger partial charge on any atom is -0.396 e. The molecule has 0 aliphatic carbocycles. The van der Waals surface area contributed by atoms with Crippen molar-refractivity contribution in [3.63, 3.8) is 0 Å². The van der Waals surface area contributed by atoms with Gasteiger partial charge < -0.3 is 15.7 Å². The maximum atomic E-state index is 11.5. The molecule has 0 radical (unpaired) electrons. The predicted octanol–water partition coefficient (Wildman–Crippen LogP) is 0.653. The van der Waals surface area contributed by atoms with Crippen molar-refractivity contribution in [1.82, 2.24) is 10.6 Å². The molecule has 1 amide bonds. The van der Waals surface area contributed by atoms with Gasteiger partial charge in [0.1, 0.15) is 0 Å². The molecule has 4 heteroatoms. The summed E-state index contributed by atoms with van der Waals surface area (Å²) in [5.74, 6) is 0.0498. The minimum atomic E-state index is -0.266. The number of hydrogen-bond acceptors (Lipinski definition) is 3. The van der Waals surface area contributed by atoms with Crippen molar-refractivity contribution in [2.75, 3.05) is 19.7 Å². The van der Waals surface area contributed by atoms with E-state index in [1.165, 1.54) is 0 Å². The molecule has 0 fully saturated rings. The second-order valence-electron chi connectivity index (χ2n) is 4.04. The van der Waals surface area contributed by atoms with E-state index in [-0.39, 0.29) is 18.1 Å². The van der Waals surface area contributed by atoms with Gasteiger partial charge in [-0.3, -0.25) is 4.79 Å². The molecular formula is C11H24N2O2. The first-order valence-electron chi connectivity index (χ1n) is 5.70. The number of carbonyl (C=O) groups is 1. The Hall–Kier alpha value is -0.610. The number of hydrogen-bond donors (Lipinski definition) is 3. The summed E-state index contributed by atoms with van der Waals surface area (Å²) in [7, 11) is 0. The summed E-state index contributed by atoms with van der Waals surface area (Å²) in [6.45, 7) is 7.70. The number of aliphatic hydroxyl groups is 1. The lowest BCUT2D eigenvalue weighted by atomic mass is 9.95. The van der Waals surface area contributed by atoms with Crippen molar-refractivity contribution in [3.05, 3.63) is 0 Å². The van der Waals surface area contributed by atoms with Gasteiger partial charge in [-0.25, -0.2) is 0 Å². The SMILES string of the molecule is CCNCCC(=O)NC(C)(CC)CCO. The van der Waals surface area contributed by atoms with E-state index < -0.39 is 0 Å². The Morgan fingerprint density at radius 1 is 1.40 bits per heavy atom. The Bertz CT molecular complexity index is 185. The summed E-state index contributed by atoms with van der Waals surface area (Å²) in [4.78, 5) is 11.5. The largest absolute Gasteiger partial charge is 0.396 e. The zero-order valence-electron chi connectivity index (χ0n) is 10.1. The Morgan fingerprint density at radius 2 is 2.07 bits per heavy atom. The third kappa shape index (κ3) is 6.47. The number of carbonyl (C=O) groups excluding carboxylic acids is 1. The van der Waals surface area contributed by atoms with Crippen molar-refractivity contribution in [2.45, 2.75) is 45.6 Å². The fourth-order valence-corrected chi connectivity index (χ4v) is 1.35. The Morgan fingerprint density at radius 3 is 2.53 bits per heavy atom. The molecule has 0 aliphatic rings. The molecule has 0 aromatic carbocycles. The molecule has 0 spiro atoms. The fourth-order valence-electron chi connectivity index (χ4n) is 1.35. The van der Waals surface area contributed by atoms with Gasteiger partial charge in [-0.1, -0.05) is 13.8 Å². The Labute approximate surface area is 92.4 Å². The highest BCUT2D eigenvalue weighted by molar-refractivity contribution is 5.76. The molecule has 0 bridgehead atoms. The molecule has 0 aromatic heterocycles. The Balaban J connectivity index is 3.90. The molecule has 0 heterocycles. The molecule has 15 heavy (non-hydrogen) atoms. The van der Waals surface area contributed by atoms with Crippen LogP contribution in [0.3, 0.4) is 0 Å². The monoisotopic (exact) mass is 216 g/mol. The van der Waals surface area contributed by atoms with Gasteiger partial charge in [0, 0.05) is 25.1 Å². The minimum absolute atomic E-state index is 0.0498. The maximum Gasteiger partial charge on any atom is 0.221 e. The smallest absolute Gasteiger partial charge is 0.221 e. The van der Waals surface area contributed by atoms with Crippen molar-refractivity contribution in [1.29, 1.82) is 0 Å². The average molecular weight is 216 g/mol. The van der Waals surface area contributed by atoms with Crippen LogP contribution < -0.4 is 10.6 Å². The molecular weight excluding hydrogens is 192 g/mol. The van der Waals surface area contributed by atoms with E-state index in [1.807, 2.05) is 20.8 Å². The second kappa shape index (κ2) is 7.65. The summed E-state index contributed by atoms with van der Waals surface area (Å²) < 4.78 is 0. The van der Waals surface area contributed by atoms with Crippen molar-refractivity contribution < 1.29 is 9.90 Å². The summed E-state index contributed by atoms with van der Waals surface area (Å²) in [5.41, 5.74) is -0.266. The lowest BCUT2D eigenvalue weighted by molar-refractivity contribution is -0.123. The molecule has 3 N–H and O–H groups in total. The fraction of sp³-hybridized carbons (Fsp3) is 0.909. The number of aliphatic hydroxyl groups excluding tert-OH is 1. The van der Waals surface area contributed by atoms with Crippen LogP contribution in [-0.4, -0.2) is 36.2 Å². The highest BCUT2D eigenvalue weighted by atomic mass is 16.3. The molecule has 0 aromatic rings. The van der Waals surface area contributed by atoms with Crippen LogP contribution in [0.25, 0.3) is 0 Å². The maximum absolute atomic E-state index is 11.5. The van der Waals surface area contributed by atoms with E-state index in [0.29, 0.717) is 19.4 Å². The van der Waals surface area contributed by atoms with E-state index in [9.17, 15) is 4.79 Å². The summed E-state index contributed by atoms with van der Waals surface area (Å²) in [6, 6.07) is 0. The molecule has 0 saturated heterocycles. The first-order valence-corrected chi connectivity index (χ1v) is 5.70. The van der Waals surface area contributed by atoms with Crippen molar-refractivity contribution in [3.8, 4) is 0 Å². The lowest BCUT2D eigenvalue weighted by Crippen LogP contribution is -2.46. The molecule has 1 atom stereocenters. The van der Waals surface area contributed by atoms with Crippen LogP contribution in [-0.2, 0) is 4.79 Å². The molecule has 1 unspecified atom stereocenters. The quantitative estimate of drug-likeness (QED) is 0.522. The van der Waals surface area contributed by atoms with Gasteiger partial charge in [-0.15, -0.1) is 0 Å². The van der Waals surface area contributed by atoms with Crippen LogP contribution in [0.1, 0.15) is 40.0 Å². The van der Waals surface area contributed by atoms with E-state index in [1.54, 1.807) is 0 Å². The van der Waals surface area contributed by atoms with Gasteiger partial charge in [-0.2, -0.15) is 0 Å². The molecule has 0 aliphatic heterocycles. The van der Waals surface area contributed by atoms with Crippen molar-refractivity contribution >= 4 is 5.91 Å². The standard InChI is InChI=1S/C11H24N2O2/c1-4-11(3,7-9-14)13-10(15)6-8-12-5-2/h12,14H,4-9H2,1-3H3,(H,13,15). The van der Waals surface area contributed by atoms with Crippen LogP contribution in [0.15, 0.2) is 0 Å². The summed E-state index contributed by atoms with van der Waals surface area (Å²) >= 11 is 0. The van der Waals surface area contributed by atoms with Crippen LogP contribution in [0.5, 0.6) is 0 Å². The Kier molecular flexibility index (Phi) is 7.34. The van der Waals surface area contributed by atoms with E-state index in [0.717, 1.165) is 13.0 Å². The normalized spacial score (nSPS) is 14.7. The van der Waals surface area contributed by atoms with Crippen LogP contribution in [0.2, 0.25) is 0 Å². The van der Waals surface area contributed by atoms with E-state index in [2.05, 4.69) is 10.6 Å². The van der Waals surface area contributed by atoms with Gasteiger partial charge in [0.25, 0.3) is 0 Å². The van der Waals surface area contributed by atoms with Gasteiger partial charge in [-0.05, 0) is 26.3 Å². The van der Waals surface area contributed by atoms with Gasteiger partial charge in [0.05, 0.1) is 0 Å². The average Bonchev–Trinajstić information content (AvgIpc) is 2.18. The number of amides is 1. The molecule has 0 saturated carbocycles. The zero-order valence-corrected chi connectivity index (χ0v) is 10.1. The first-order chi connectivity index (χ1) is 7.08. The number of rotatable bonds is 8. The van der Waals surface area contributed by atoms with Crippen LogP contribution >= 0.6 is 0 Å². The second-order valence-corrected chi connectivity index (χ2v) is 4.04. The highest BCUT2D eigenvalue weighted by Gasteiger charge is 2.22. The van der Waals surface area contributed by atoms with E-state index in [4.69, 9.17) is 5.11 Å².